The average Bonchev–Trinajstić information content (AvgIpc) is 3.21. The van der Waals surface area contributed by atoms with Crippen LogP contribution in [0.2, 0.25) is 0 Å². The topological polar surface area (TPSA) is 63.9 Å². The van der Waals surface area contributed by atoms with Gasteiger partial charge in [-0.2, -0.15) is 4.98 Å². The first-order valence-electron chi connectivity index (χ1n) is 7.73. The highest BCUT2D eigenvalue weighted by molar-refractivity contribution is 5.88. The molecular formula is C19H17N3O2. The highest BCUT2D eigenvalue weighted by Gasteiger charge is 2.13. The molecule has 0 spiro atoms. The lowest BCUT2D eigenvalue weighted by molar-refractivity contribution is 0.415. The maximum Gasteiger partial charge on any atom is 0.258 e. The van der Waals surface area contributed by atoms with Crippen molar-refractivity contribution in [1.82, 2.24) is 15.1 Å². The van der Waals surface area contributed by atoms with Gasteiger partial charge in [0, 0.05) is 27.7 Å². The summed E-state index contributed by atoms with van der Waals surface area (Å²) in [7, 11) is 1.64. The molecule has 0 atom stereocenters. The van der Waals surface area contributed by atoms with Crippen LogP contribution >= 0.6 is 0 Å². The molecule has 0 amide bonds. The van der Waals surface area contributed by atoms with Gasteiger partial charge in [-0.3, -0.25) is 0 Å². The van der Waals surface area contributed by atoms with Crippen LogP contribution in [0.15, 0.2) is 47.0 Å². The maximum absolute atomic E-state index is 5.45. The van der Waals surface area contributed by atoms with E-state index in [4.69, 9.17) is 9.26 Å². The van der Waals surface area contributed by atoms with Gasteiger partial charge in [0.1, 0.15) is 5.75 Å². The Bertz CT molecular complexity index is 1010. The summed E-state index contributed by atoms with van der Waals surface area (Å²) in [6, 6.07) is 13.7. The van der Waals surface area contributed by atoms with E-state index in [0.29, 0.717) is 11.7 Å². The molecule has 0 unspecified atom stereocenters. The second kappa shape index (κ2) is 5.53. The molecule has 5 nitrogen and oxygen atoms in total. The molecule has 2 aromatic carbocycles. The number of methoxy groups -OCH3 is 1. The van der Waals surface area contributed by atoms with Gasteiger partial charge < -0.3 is 14.2 Å². The van der Waals surface area contributed by atoms with Crippen molar-refractivity contribution in [1.29, 1.82) is 0 Å². The number of nitrogens with zero attached hydrogens (tertiary/aromatic N) is 2. The number of rotatable bonds is 3. The number of fused-ring (bicyclic) bond motifs is 1. The Balaban J connectivity index is 1.72. The van der Waals surface area contributed by atoms with Gasteiger partial charge in [0.05, 0.1) is 7.11 Å². The first-order chi connectivity index (χ1) is 11.7. The number of H-pyrrole nitrogens is 1. The van der Waals surface area contributed by atoms with Crippen LogP contribution in [-0.4, -0.2) is 22.2 Å². The summed E-state index contributed by atoms with van der Waals surface area (Å²) < 4.78 is 10.6. The van der Waals surface area contributed by atoms with E-state index in [1.165, 1.54) is 16.6 Å². The third-order valence-electron chi connectivity index (χ3n) is 4.33. The van der Waals surface area contributed by atoms with E-state index in [2.05, 4.69) is 35.0 Å². The predicted octanol–water partition coefficient (Wildman–Crippen LogP) is 4.51. The predicted molar refractivity (Wildman–Crippen MR) is 93.1 cm³/mol. The van der Waals surface area contributed by atoms with Crippen molar-refractivity contribution in [2.24, 2.45) is 0 Å². The van der Waals surface area contributed by atoms with Crippen LogP contribution in [0, 0.1) is 13.8 Å². The monoisotopic (exact) mass is 319 g/mol. The van der Waals surface area contributed by atoms with Gasteiger partial charge in [-0.1, -0.05) is 5.16 Å². The van der Waals surface area contributed by atoms with Gasteiger partial charge in [-0.25, -0.2) is 0 Å². The fourth-order valence-electron chi connectivity index (χ4n) is 2.79. The zero-order valence-corrected chi connectivity index (χ0v) is 13.8. The minimum Gasteiger partial charge on any atom is -0.497 e. The van der Waals surface area contributed by atoms with Crippen LogP contribution in [0.5, 0.6) is 5.75 Å². The summed E-state index contributed by atoms with van der Waals surface area (Å²) in [5.41, 5.74) is 5.33. The summed E-state index contributed by atoms with van der Waals surface area (Å²) in [4.78, 5) is 7.89. The number of benzene rings is 2. The second-order valence-corrected chi connectivity index (χ2v) is 5.79. The molecule has 4 aromatic rings. The number of hydrogen-bond donors (Lipinski definition) is 1. The normalized spacial score (nSPS) is 11.1. The molecule has 0 saturated heterocycles. The number of ether oxygens (including phenoxy) is 1. The van der Waals surface area contributed by atoms with Crippen LogP contribution in [0.1, 0.15) is 11.3 Å². The Morgan fingerprint density at radius 2 is 1.75 bits per heavy atom. The van der Waals surface area contributed by atoms with Crippen molar-refractivity contribution in [3.05, 3.63) is 53.7 Å². The third-order valence-corrected chi connectivity index (χ3v) is 4.33. The summed E-state index contributed by atoms with van der Waals surface area (Å²) >= 11 is 0. The highest BCUT2D eigenvalue weighted by atomic mass is 16.5. The zero-order valence-electron chi connectivity index (χ0n) is 13.8. The fraction of sp³-hybridized carbons (Fsp3) is 0.158. The van der Waals surface area contributed by atoms with Crippen molar-refractivity contribution in [3.8, 4) is 28.6 Å². The molecule has 0 aliphatic rings. The Hall–Kier alpha value is -3.08. The zero-order chi connectivity index (χ0) is 16.7. The van der Waals surface area contributed by atoms with E-state index in [1.807, 2.05) is 36.4 Å². The van der Waals surface area contributed by atoms with Crippen molar-refractivity contribution in [2.45, 2.75) is 13.8 Å². The molecule has 1 N–H and O–H groups in total. The van der Waals surface area contributed by atoms with Gasteiger partial charge in [0.25, 0.3) is 5.89 Å². The standard InChI is InChI=1S/C19H17N3O2/c1-11-12(2)20-17-9-6-14(10-16(11)17)19-21-18(22-24-19)13-4-7-15(23-3)8-5-13/h4-10,20H,1-3H3. The lowest BCUT2D eigenvalue weighted by Gasteiger charge is -1.99. The number of nitrogens with one attached hydrogen (secondary N) is 1. The fourth-order valence-corrected chi connectivity index (χ4v) is 2.79. The lowest BCUT2D eigenvalue weighted by Crippen LogP contribution is -1.84. The van der Waals surface area contributed by atoms with Crippen molar-refractivity contribution in [2.75, 3.05) is 7.11 Å². The van der Waals surface area contributed by atoms with Crippen LogP contribution < -0.4 is 4.74 Å². The number of aromatic amines is 1. The minimum absolute atomic E-state index is 0.515. The molecule has 0 fully saturated rings. The second-order valence-electron chi connectivity index (χ2n) is 5.79. The number of aryl methyl sites for hydroxylation is 2. The van der Waals surface area contributed by atoms with Crippen LogP contribution in [0.3, 0.4) is 0 Å². The van der Waals surface area contributed by atoms with E-state index in [-0.39, 0.29) is 0 Å². The largest absolute Gasteiger partial charge is 0.497 e. The highest BCUT2D eigenvalue weighted by Crippen LogP contribution is 2.28. The maximum atomic E-state index is 5.45. The van der Waals surface area contributed by atoms with Crippen LogP contribution in [0.25, 0.3) is 33.7 Å². The quantitative estimate of drug-likeness (QED) is 0.603. The van der Waals surface area contributed by atoms with Crippen molar-refractivity contribution >= 4 is 10.9 Å². The van der Waals surface area contributed by atoms with Gasteiger partial charge in [0.15, 0.2) is 0 Å². The van der Waals surface area contributed by atoms with Crippen LogP contribution in [0.4, 0.5) is 0 Å². The van der Waals surface area contributed by atoms with Gasteiger partial charge in [-0.05, 0) is 61.9 Å². The molecule has 0 radical (unpaired) electrons. The Labute approximate surface area is 139 Å². The average molecular weight is 319 g/mol. The van der Waals surface area contributed by atoms with E-state index in [1.54, 1.807) is 7.11 Å². The SMILES string of the molecule is COc1ccc(-c2noc(-c3ccc4[nH]c(C)c(C)c4c3)n2)cc1. The first-order valence-corrected chi connectivity index (χ1v) is 7.73. The third kappa shape index (κ3) is 2.34. The molecule has 0 saturated carbocycles. The minimum atomic E-state index is 0.515. The van der Waals surface area contributed by atoms with E-state index < -0.39 is 0 Å². The molecule has 120 valence electrons. The number of aromatic nitrogens is 3. The van der Waals surface area contributed by atoms with Crippen molar-refractivity contribution in [3.63, 3.8) is 0 Å². The molecule has 0 aliphatic heterocycles. The molecule has 2 heterocycles. The Morgan fingerprint density at radius 1 is 1.00 bits per heavy atom. The van der Waals surface area contributed by atoms with Gasteiger partial charge in [-0.15, -0.1) is 0 Å². The smallest absolute Gasteiger partial charge is 0.258 e. The molecule has 0 aliphatic carbocycles. The Kier molecular flexibility index (Phi) is 3.34. The molecule has 4 rings (SSSR count). The van der Waals surface area contributed by atoms with Gasteiger partial charge >= 0.3 is 0 Å². The molecule has 0 bridgehead atoms. The van der Waals surface area contributed by atoms with Gasteiger partial charge in [0.2, 0.25) is 5.82 Å². The van der Waals surface area contributed by atoms with Crippen LogP contribution in [-0.2, 0) is 0 Å². The summed E-state index contributed by atoms with van der Waals surface area (Å²) in [6.07, 6.45) is 0. The molecule has 24 heavy (non-hydrogen) atoms. The number of hydrogen-bond acceptors (Lipinski definition) is 4. The van der Waals surface area contributed by atoms with E-state index in [0.717, 1.165) is 22.4 Å². The lowest BCUT2D eigenvalue weighted by atomic mass is 10.1. The summed E-state index contributed by atoms with van der Waals surface area (Å²) in [5.74, 6) is 1.88. The summed E-state index contributed by atoms with van der Waals surface area (Å²) in [5, 5.41) is 5.27. The van der Waals surface area contributed by atoms with Crippen molar-refractivity contribution < 1.29 is 9.26 Å². The molecular weight excluding hydrogens is 302 g/mol. The summed E-state index contributed by atoms with van der Waals surface area (Å²) in [6.45, 7) is 4.18. The first kappa shape index (κ1) is 14.5. The van der Waals surface area contributed by atoms with E-state index >= 15 is 0 Å². The Morgan fingerprint density at radius 3 is 2.50 bits per heavy atom. The molecule has 5 heteroatoms. The van der Waals surface area contributed by atoms with E-state index in [9.17, 15) is 0 Å². The molecule has 2 aromatic heterocycles.